The van der Waals surface area contributed by atoms with Gasteiger partial charge in [-0.25, -0.2) is 9.07 Å². The van der Waals surface area contributed by atoms with Crippen molar-refractivity contribution >= 4 is 23.4 Å². The van der Waals surface area contributed by atoms with Crippen LogP contribution in [0.2, 0.25) is 0 Å². The Morgan fingerprint density at radius 1 is 1.15 bits per heavy atom. The van der Waals surface area contributed by atoms with Crippen LogP contribution < -0.4 is 10.9 Å². The van der Waals surface area contributed by atoms with Crippen molar-refractivity contribution in [2.45, 2.75) is 11.8 Å². The molecule has 26 heavy (non-hydrogen) atoms. The normalized spacial score (nSPS) is 10.8. The zero-order valence-corrected chi connectivity index (χ0v) is 15.4. The van der Waals surface area contributed by atoms with E-state index in [1.54, 1.807) is 24.9 Å². The number of hydrogen-bond donors (Lipinski definition) is 1. The molecule has 0 aliphatic rings. The van der Waals surface area contributed by atoms with Gasteiger partial charge in [-0.1, -0.05) is 18.2 Å². The molecule has 3 aromatic rings. The molecule has 0 saturated carbocycles. The molecule has 0 aliphatic carbocycles. The van der Waals surface area contributed by atoms with E-state index in [0.29, 0.717) is 21.8 Å². The van der Waals surface area contributed by atoms with Crippen LogP contribution in [0.1, 0.15) is 16.1 Å². The first-order valence-electron chi connectivity index (χ1n) is 7.93. The van der Waals surface area contributed by atoms with E-state index < -0.39 is 5.91 Å². The van der Waals surface area contributed by atoms with Gasteiger partial charge in [-0.05, 0) is 43.5 Å². The smallest absolute Gasteiger partial charge is 0.295 e. The van der Waals surface area contributed by atoms with Gasteiger partial charge in [0.2, 0.25) is 0 Å². The number of hydrogen-bond acceptors (Lipinski definition) is 3. The molecule has 5 nitrogen and oxygen atoms in total. The van der Waals surface area contributed by atoms with Crippen molar-refractivity contribution in [1.82, 2.24) is 9.36 Å². The molecule has 7 heteroatoms. The summed E-state index contributed by atoms with van der Waals surface area (Å²) in [5.41, 5.74) is 1.51. The first-order chi connectivity index (χ1) is 12.4. The molecular formula is C19H18FN3O2S. The van der Waals surface area contributed by atoms with Gasteiger partial charge in [0.1, 0.15) is 11.5 Å². The van der Waals surface area contributed by atoms with E-state index in [2.05, 4.69) is 5.32 Å². The molecule has 1 amide bonds. The maximum Gasteiger partial charge on any atom is 0.295 e. The highest BCUT2D eigenvalue weighted by molar-refractivity contribution is 7.98. The SMILES string of the molecule is CSc1cc(C(=O)Nc2c(C)n(C)n(-c3ccccc3)c2=O)ccc1F. The zero-order chi connectivity index (χ0) is 18.8. The lowest BCUT2D eigenvalue weighted by Crippen LogP contribution is -2.23. The number of nitrogens with zero attached hydrogens (tertiary/aromatic N) is 2. The lowest BCUT2D eigenvalue weighted by molar-refractivity contribution is 0.102. The van der Waals surface area contributed by atoms with Gasteiger partial charge in [0.05, 0.1) is 11.4 Å². The summed E-state index contributed by atoms with van der Waals surface area (Å²) in [6.45, 7) is 1.76. The lowest BCUT2D eigenvalue weighted by Gasteiger charge is -2.07. The van der Waals surface area contributed by atoms with E-state index in [1.807, 2.05) is 30.3 Å². The van der Waals surface area contributed by atoms with Gasteiger partial charge in [0.25, 0.3) is 11.5 Å². The Morgan fingerprint density at radius 3 is 2.50 bits per heavy atom. The molecule has 134 valence electrons. The Balaban J connectivity index is 1.99. The summed E-state index contributed by atoms with van der Waals surface area (Å²) >= 11 is 1.22. The summed E-state index contributed by atoms with van der Waals surface area (Å²) in [5, 5.41) is 2.67. The average Bonchev–Trinajstić information content (AvgIpc) is 2.86. The van der Waals surface area contributed by atoms with Crippen LogP contribution in [-0.2, 0) is 7.05 Å². The summed E-state index contributed by atoms with van der Waals surface area (Å²) in [6, 6.07) is 13.3. The fourth-order valence-corrected chi connectivity index (χ4v) is 3.21. The second kappa shape index (κ2) is 7.21. The van der Waals surface area contributed by atoms with Crippen molar-refractivity contribution in [2.75, 3.05) is 11.6 Å². The summed E-state index contributed by atoms with van der Waals surface area (Å²) < 4.78 is 16.8. The molecule has 0 saturated heterocycles. The van der Waals surface area contributed by atoms with Crippen molar-refractivity contribution in [3.05, 3.63) is 76.0 Å². The van der Waals surface area contributed by atoms with Crippen molar-refractivity contribution < 1.29 is 9.18 Å². The van der Waals surface area contributed by atoms with Gasteiger partial charge in [-0.15, -0.1) is 11.8 Å². The minimum atomic E-state index is -0.452. The summed E-state index contributed by atoms with van der Waals surface area (Å²) in [7, 11) is 1.75. The highest BCUT2D eigenvalue weighted by Crippen LogP contribution is 2.21. The second-order valence-electron chi connectivity index (χ2n) is 5.74. The van der Waals surface area contributed by atoms with Crippen LogP contribution in [0.15, 0.2) is 58.2 Å². The van der Waals surface area contributed by atoms with Crippen molar-refractivity contribution in [3.63, 3.8) is 0 Å². The standard InChI is InChI=1S/C19H18FN3O2S/c1-12-17(19(25)23(22(12)2)14-7-5-4-6-8-14)21-18(24)13-9-10-15(20)16(11-13)26-3/h4-11H,1-3H3,(H,21,24). The molecule has 0 radical (unpaired) electrons. The van der Waals surface area contributed by atoms with Gasteiger partial charge in [0.15, 0.2) is 0 Å². The van der Waals surface area contributed by atoms with E-state index in [4.69, 9.17) is 0 Å². The number of anilines is 1. The van der Waals surface area contributed by atoms with Gasteiger partial charge < -0.3 is 5.32 Å². The number of thioether (sulfide) groups is 1. The second-order valence-corrected chi connectivity index (χ2v) is 6.59. The molecule has 1 heterocycles. The lowest BCUT2D eigenvalue weighted by atomic mass is 10.2. The number of para-hydroxylation sites is 1. The minimum Gasteiger partial charge on any atom is -0.316 e. The number of aromatic nitrogens is 2. The third kappa shape index (κ3) is 3.17. The monoisotopic (exact) mass is 371 g/mol. The molecule has 0 aliphatic heterocycles. The molecule has 1 aromatic heterocycles. The largest absolute Gasteiger partial charge is 0.316 e. The average molecular weight is 371 g/mol. The fraction of sp³-hybridized carbons (Fsp3) is 0.158. The molecule has 0 bridgehead atoms. The van der Waals surface area contributed by atoms with E-state index in [1.165, 1.54) is 34.6 Å². The number of carbonyl (C=O) groups is 1. The molecule has 0 fully saturated rings. The first kappa shape index (κ1) is 18.0. The van der Waals surface area contributed by atoms with Crippen molar-refractivity contribution in [1.29, 1.82) is 0 Å². The van der Waals surface area contributed by atoms with Crippen LogP contribution in [0, 0.1) is 12.7 Å². The summed E-state index contributed by atoms with van der Waals surface area (Å²) in [5.74, 6) is -0.831. The van der Waals surface area contributed by atoms with E-state index in [0.717, 1.165) is 0 Å². The molecule has 1 N–H and O–H groups in total. The number of nitrogens with one attached hydrogen (secondary N) is 1. The predicted octanol–water partition coefficient (Wildman–Crippen LogP) is 3.60. The summed E-state index contributed by atoms with van der Waals surface area (Å²) in [4.78, 5) is 25.8. The number of rotatable bonds is 4. The highest BCUT2D eigenvalue weighted by Gasteiger charge is 2.19. The molecular weight excluding hydrogens is 353 g/mol. The van der Waals surface area contributed by atoms with Gasteiger partial charge >= 0.3 is 0 Å². The fourth-order valence-electron chi connectivity index (χ4n) is 2.70. The number of halogens is 1. The molecule has 0 spiro atoms. The van der Waals surface area contributed by atoms with E-state index in [9.17, 15) is 14.0 Å². The Morgan fingerprint density at radius 2 is 1.85 bits per heavy atom. The number of benzene rings is 2. The van der Waals surface area contributed by atoms with E-state index >= 15 is 0 Å². The van der Waals surface area contributed by atoms with Crippen LogP contribution in [0.3, 0.4) is 0 Å². The third-order valence-corrected chi connectivity index (χ3v) is 4.96. The minimum absolute atomic E-state index is 0.205. The molecule has 3 rings (SSSR count). The molecule has 0 unspecified atom stereocenters. The Labute approximate surface area is 154 Å². The predicted molar refractivity (Wildman–Crippen MR) is 102 cm³/mol. The van der Waals surface area contributed by atoms with Crippen LogP contribution in [0.5, 0.6) is 0 Å². The van der Waals surface area contributed by atoms with Gasteiger partial charge in [-0.2, -0.15) is 0 Å². The van der Waals surface area contributed by atoms with Crippen LogP contribution in [0.4, 0.5) is 10.1 Å². The highest BCUT2D eigenvalue weighted by atomic mass is 32.2. The number of amides is 1. The zero-order valence-electron chi connectivity index (χ0n) is 14.6. The van der Waals surface area contributed by atoms with Crippen LogP contribution >= 0.6 is 11.8 Å². The van der Waals surface area contributed by atoms with Gasteiger partial charge in [-0.3, -0.25) is 14.3 Å². The Kier molecular flexibility index (Phi) is 4.99. The van der Waals surface area contributed by atoms with Crippen molar-refractivity contribution in [3.8, 4) is 5.69 Å². The maximum atomic E-state index is 13.6. The summed E-state index contributed by atoms with van der Waals surface area (Å²) in [6.07, 6.45) is 1.74. The van der Waals surface area contributed by atoms with E-state index in [-0.39, 0.29) is 17.1 Å². The third-order valence-electron chi connectivity index (χ3n) is 4.21. The van der Waals surface area contributed by atoms with Crippen molar-refractivity contribution in [2.24, 2.45) is 7.05 Å². The molecule has 2 aromatic carbocycles. The topological polar surface area (TPSA) is 56.0 Å². The molecule has 0 atom stereocenters. The van der Waals surface area contributed by atoms with Crippen LogP contribution in [-0.4, -0.2) is 21.5 Å². The first-order valence-corrected chi connectivity index (χ1v) is 9.15. The van der Waals surface area contributed by atoms with Gasteiger partial charge in [0, 0.05) is 17.5 Å². The Hall–Kier alpha value is -2.80. The quantitative estimate of drug-likeness (QED) is 0.713. The van der Waals surface area contributed by atoms with Crippen LogP contribution in [0.25, 0.3) is 5.69 Å². The number of carbonyl (C=O) groups excluding carboxylic acids is 1. The Bertz CT molecular complexity index is 1030. The maximum absolute atomic E-state index is 13.6.